The van der Waals surface area contributed by atoms with Gasteiger partial charge in [-0.2, -0.15) is 0 Å². The highest BCUT2D eigenvalue weighted by Crippen LogP contribution is 2.33. The molecule has 2 N–H and O–H groups in total. The lowest BCUT2D eigenvalue weighted by molar-refractivity contribution is 0.0168. The molecule has 1 unspecified atom stereocenters. The van der Waals surface area contributed by atoms with Crippen LogP contribution in [0.3, 0.4) is 0 Å². The van der Waals surface area contributed by atoms with E-state index in [2.05, 4.69) is 36.6 Å². The molecule has 1 aliphatic heterocycles. The van der Waals surface area contributed by atoms with E-state index in [1.807, 2.05) is 7.05 Å². The highest BCUT2D eigenvalue weighted by molar-refractivity contribution is 14.0. The number of hydrogen-bond donors (Lipinski definition) is 2. The molecule has 2 aliphatic rings. The molecule has 3 rings (SSSR count). The molecule has 2 fully saturated rings. The van der Waals surface area contributed by atoms with Crippen LogP contribution in [0, 0.1) is 0 Å². The van der Waals surface area contributed by atoms with E-state index in [0.29, 0.717) is 12.1 Å². The summed E-state index contributed by atoms with van der Waals surface area (Å²) in [5, 5.41) is 16.7. The predicted molar refractivity (Wildman–Crippen MR) is 137 cm³/mol. The summed E-state index contributed by atoms with van der Waals surface area (Å²) in [4.78, 5) is 4.31. The van der Waals surface area contributed by atoms with Gasteiger partial charge in [0, 0.05) is 45.8 Å². The molecule has 0 bridgehead atoms. The van der Waals surface area contributed by atoms with Gasteiger partial charge in [-0.3, -0.25) is 4.99 Å². The van der Waals surface area contributed by atoms with Crippen molar-refractivity contribution in [2.24, 2.45) is 4.99 Å². The van der Waals surface area contributed by atoms with E-state index in [0.717, 1.165) is 82.0 Å². The van der Waals surface area contributed by atoms with Crippen molar-refractivity contribution in [1.29, 1.82) is 0 Å². The standard InChI is InChI=1S/C21H38N6O2S.HI/c1-22-20(24-13-7-14-28-16-18-10-6-15-29-18)23-12-5-11-19-25-26-21(30-2)27(19)17-8-3-4-9-17;/h17-18H,3-16H2,1-2H3,(H2,22,23,24);1H. The van der Waals surface area contributed by atoms with E-state index in [1.165, 1.54) is 25.7 Å². The van der Waals surface area contributed by atoms with Crippen molar-refractivity contribution in [2.45, 2.75) is 75.1 Å². The SMILES string of the molecule is CN=C(NCCCOCC1CCCO1)NCCCc1nnc(SC)n1C1CCCC1.I. The van der Waals surface area contributed by atoms with Crippen LogP contribution in [-0.2, 0) is 15.9 Å². The lowest BCUT2D eigenvalue weighted by Crippen LogP contribution is -2.38. The van der Waals surface area contributed by atoms with Crippen LogP contribution in [0.5, 0.6) is 0 Å². The monoisotopic (exact) mass is 566 g/mol. The number of halogens is 1. The maximum atomic E-state index is 5.70. The average molecular weight is 567 g/mol. The van der Waals surface area contributed by atoms with E-state index >= 15 is 0 Å². The Balaban J connectivity index is 0.00000341. The summed E-state index contributed by atoms with van der Waals surface area (Å²) < 4.78 is 13.7. The molecule has 10 heteroatoms. The minimum Gasteiger partial charge on any atom is -0.379 e. The van der Waals surface area contributed by atoms with E-state index in [1.54, 1.807) is 11.8 Å². The fourth-order valence-electron chi connectivity index (χ4n) is 4.19. The molecule has 1 aliphatic carbocycles. The van der Waals surface area contributed by atoms with Crippen LogP contribution in [0.15, 0.2) is 10.1 Å². The molecule has 1 atom stereocenters. The second-order valence-corrected chi connectivity index (χ2v) is 8.78. The van der Waals surface area contributed by atoms with Crippen LogP contribution in [0.2, 0.25) is 0 Å². The number of guanidine groups is 1. The smallest absolute Gasteiger partial charge is 0.191 e. The fourth-order valence-corrected chi connectivity index (χ4v) is 4.77. The van der Waals surface area contributed by atoms with E-state index < -0.39 is 0 Å². The Labute approximate surface area is 208 Å². The molecule has 0 amide bonds. The first-order valence-electron chi connectivity index (χ1n) is 11.4. The summed E-state index contributed by atoms with van der Waals surface area (Å²) in [6, 6.07) is 0.585. The van der Waals surface area contributed by atoms with Gasteiger partial charge in [0.2, 0.25) is 0 Å². The van der Waals surface area contributed by atoms with Crippen molar-refractivity contribution < 1.29 is 9.47 Å². The van der Waals surface area contributed by atoms with Crippen LogP contribution >= 0.6 is 35.7 Å². The molecular weight excluding hydrogens is 527 g/mol. The molecular formula is C21H39IN6O2S. The Kier molecular flexibility index (Phi) is 13.1. The number of nitrogens with one attached hydrogen (secondary N) is 2. The summed E-state index contributed by atoms with van der Waals surface area (Å²) in [5.74, 6) is 1.97. The molecule has 178 valence electrons. The minimum absolute atomic E-state index is 0. The second-order valence-electron chi connectivity index (χ2n) is 8.00. The summed E-state index contributed by atoms with van der Waals surface area (Å²) >= 11 is 1.70. The van der Waals surface area contributed by atoms with Crippen molar-refractivity contribution in [2.75, 3.05) is 46.2 Å². The summed E-state index contributed by atoms with van der Waals surface area (Å²) in [7, 11) is 1.81. The summed E-state index contributed by atoms with van der Waals surface area (Å²) in [6.07, 6.45) is 12.7. The zero-order valence-corrected chi connectivity index (χ0v) is 22.1. The van der Waals surface area contributed by atoms with Crippen molar-refractivity contribution in [3.63, 3.8) is 0 Å². The largest absolute Gasteiger partial charge is 0.379 e. The van der Waals surface area contributed by atoms with Gasteiger partial charge in [0.15, 0.2) is 11.1 Å². The van der Waals surface area contributed by atoms with E-state index in [-0.39, 0.29) is 24.0 Å². The van der Waals surface area contributed by atoms with Gasteiger partial charge in [-0.15, -0.1) is 34.2 Å². The highest BCUT2D eigenvalue weighted by atomic mass is 127. The first-order valence-corrected chi connectivity index (χ1v) is 12.7. The molecule has 1 aromatic rings. The van der Waals surface area contributed by atoms with E-state index in [9.17, 15) is 0 Å². The Morgan fingerprint density at radius 2 is 1.94 bits per heavy atom. The molecule has 0 radical (unpaired) electrons. The molecule has 31 heavy (non-hydrogen) atoms. The van der Waals surface area contributed by atoms with Crippen molar-refractivity contribution in [1.82, 2.24) is 25.4 Å². The van der Waals surface area contributed by atoms with Crippen LogP contribution in [0.25, 0.3) is 0 Å². The maximum Gasteiger partial charge on any atom is 0.191 e. The molecule has 8 nitrogen and oxygen atoms in total. The quantitative estimate of drug-likeness (QED) is 0.132. The van der Waals surface area contributed by atoms with Gasteiger partial charge in [0.25, 0.3) is 0 Å². The molecule has 0 spiro atoms. The van der Waals surface area contributed by atoms with Gasteiger partial charge in [0.1, 0.15) is 5.82 Å². The van der Waals surface area contributed by atoms with Gasteiger partial charge in [0.05, 0.1) is 12.7 Å². The minimum atomic E-state index is 0. The third-order valence-corrected chi connectivity index (χ3v) is 6.43. The number of nitrogens with zero attached hydrogens (tertiary/aromatic N) is 4. The zero-order valence-electron chi connectivity index (χ0n) is 19.0. The molecule has 1 saturated carbocycles. The third-order valence-electron chi connectivity index (χ3n) is 5.79. The Morgan fingerprint density at radius 1 is 1.16 bits per heavy atom. The number of aromatic nitrogens is 3. The van der Waals surface area contributed by atoms with Crippen molar-refractivity contribution >= 4 is 41.7 Å². The number of ether oxygens (including phenoxy) is 2. The molecule has 2 heterocycles. The second kappa shape index (κ2) is 15.3. The van der Waals surface area contributed by atoms with Gasteiger partial charge in [-0.05, 0) is 44.8 Å². The molecule has 1 saturated heterocycles. The van der Waals surface area contributed by atoms with E-state index in [4.69, 9.17) is 9.47 Å². The lowest BCUT2D eigenvalue weighted by Gasteiger charge is -2.16. The average Bonchev–Trinajstić information content (AvgIpc) is 3.53. The van der Waals surface area contributed by atoms with Gasteiger partial charge < -0.3 is 24.7 Å². The molecule has 1 aromatic heterocycles. The normalized spacial score (nSPS) is 19.5. The Hall–Kier alpha value is -0.590. The Morgan fingerprint density at radius 3 is 2.61 bits per heavy atom. The lowest BCUT2D eigenvalue weighted by atomic mass is 10.2. The van der Waals surface area contributed by atoms with Gasteiger partial charge in [-0.1, -0.05) is 24.6 Å². The van der Waals surface area contributed by atoms with Crippen molar-refractivity contribution in [3.8, 4) is 0 Å². The number of aryl methyl sites for hydroxylation is 1. The van der Waals surface area contributed by atoms with Crippen molar-refractivity contribution in [3.05, 3.63) is 5.82 Å². The van der Waals surface area contributed by atoms with Crippen LogP contribution < -0.4 is 10.6 Å². The number of hydrogen-bond acceptors (Lipinski definition) is 6. The maximum absolute atomic E-state index is 5.70. The van der Waals surface area contributed by atoms with Crippen LogP contribution in [0.4, 0.5) is 0 Å². The fraction of sp³-hybridized carbons (Fsp3) is 0.857. The molecule has 0 aromatic carbocycles. The van der Waals surface area contributed by atoms with Crippen LogP contribution in [-0.4, -0.2) is 73.0 Å². The zero-order chi connectivity index (χ0) is 21.0. The summed E-state index contributed by atoms with van der Waals surface area (Å²) in [5.41, 5.74) is 0. The first-order chi connectivity index (χ1) is 14.8. The number of thioether (sulfide) groups is 1. The highest BCUT2D eigenvalue weighted by Gasteiger charge is 2.23. The van der Waals surface area contributed by atoms with Gasteiger partial charge in [-0.25, -0.2) is 0 Å². The van der Waals surface area contributed by atoms with Gasteiger partial charge >= 0.3 is 0 Å². The van der Waals surface area contributed by atoms with Crippen LogP contribution in [0.1, 0.15) is 63.2 Å². The number of rotatable bonds is 12. The summed E-state index contributed by atoms with van der Waals surface area (Å²) in [6.45, 7) is 4.06. The third kappa shape index (κ3) is 8.70. The first kappa shape index (κ1) is 26.7. The Bertz CT molecular complexity index is 648. The number of aliphatic imine (C=N–C) groups is 1. The predicted octanol–water partition coefficient (Wildman–Crippen LogP) is 3.42. The topological polar surface area (TPSA) is 85.6 Å².